The van der Waals surface area contributed by atoms with Gasteiger partial charge in [0, 0.05) is 6.42 Å². The number of Topliss-reactive ketones (excluding diaryl/α,β-unsaturated/α-hetero) is 1. The molecule has 0 spiro atoms. The molecule has 0 atom stereocenters. The summed E-state index contributed by atoms with van der Waals surface area (Å²) in [5.41, 5.74) is 0.906. The van der Waals surface area contributed by atoms with Crippen molar-refractivity contribution in [3.8, 4) is 0 Å². The van der Waals surface area contributed by atoms with Gasteiger partial charge in [0.15, 0.2) is 17.4 Å². The van der Waals surface area contributed by atoms with E-state index in [1.807, 2.05) is 0 Å². The highest BCUT2D eigenvalue weighted by molar-refractivity contribution is 5.97. The lowest BCUT2D eigenvalue weighted by molar-refractivity contribution is 0.0988. The SMILES string of the molecule is Cc1cc(F)ccc1CC(=O)c1cccc(F)c1F. The number of hydrogen-bond donors (Lipinski definition) is 0. The summed E-state index contributed by atoms with van der Waals surface area (Å²) < 4.78 is 39.4. The van der Waals surface area contributed by atoms with Crippen LogP contribution in [0.2, 0.25) is 0 Å². The molecule has 2 rings (SSSR count). The second-order valence-corrected chi connectivity index (χ2v) is 4.27. The molecular formula is C15H11F3O. The fourth-order valence-corrected chi connectivity index (χ4v) is 1.84. The Balaban J connectivity index is 2.28. The Morgan fingerprint density at radius 2 is 1.84 bits per heavy atom. The van der Waals surface area contributed by atoms with Crippen LogP contribution in [0, 0.1) is 24.4 Å². The van der Waals surface area contributed by atoms with Crippen molar-refractivity contribution in [2.24, 2.45) is 0 Å². The first kappa shape index (κ1) is 13.3. The summed E-state index contributed by atoms with van der Waals surface area (Å²) in [4.78, 5) is 11.9. The number of ketones is 1. The fraction of sp³-hybridized carbons (Fsp3) is 0.133. The van der Waals surface area contributed by atoms with Crippen molar-refractivity contribution < 1.29 is 18.0 Å². The van der Waals surface area contributed by atoms with E-state index in [9.17, 15) is 18.0 Å². The summed E-state index contributed by atoms with van der Waals surface area (Å²) in [5, 5.41) is 0. The molecule has 0 aliphatic heterocycles. The third kappa shape index (κ3) is 2.84. The summed E-state index contributed by atoms with van der Waals surface area (Å²) in [7, 11) is 0. The molecule has 0 bridgehead atoms. The van der Waals surface area contributed by atoms with Gasteiger partial charge in [0.05, 0.1) is 5.56 Å². The van der Waals surface area contributed by atoms with Gasteiger partial charge < -0.3 is 0 Å². The molecule has 0 aromatic heterocycles. The van der Waals surface area contributed by atoms with E-state index in [4.69, 9.17) is 0 Å². The van der Waals surface area contributed by atoms with Crippen molar-refractivity contribution in [3.63, 3.8) is 0 Å². The molecule has 0 unspecified atom stereocenters. The molecule has 1 nitrogen and oxygen atoms in total. The van der Waals surface area contributed by atoms with Gasteiger partial charge in [-0.3, -0.25) is 4.79 Å². The predicted octanol–water partition coefficient (Wildman–Crippen LogP) is 3.84. The molecule has 0 saturated heterocycles. The summed E-state index contributed by atoms with van der Waals surface area (Å²) in [5.74, 6) is -3.13. The standard InChI is InChI=1S/C15H11F3O/c1-9-7-11(16)6-5-10(9)8-14(19)12-3-2-4-13(17)15(12)18/h2-7H,8H2,1H3. The highest BCUT2D eigenvalue weighted by atomic mass is 19.2. The van der Waals surface area contributed by atoms with Gasteiger partial charge in [0.2, 0.25) is 0 Å². The van der Waals surface area contributed by atoms with Crippen molar-refractivity contribution in [2.45, 2.75) is 13.3 Å². The number of aryl methyl sites for hydroxylation is 1. The zero-order chi connectivity index (χ0) is 14.0. The van der Waals surface area contributed by atoms with Gasteiger partial charge in [-0.25, -0.2) is 13.2 Å². The van der Waals surface area contributed by atoms with Crippen LogP contribution < -0.4 is 0 Å². The van der Waals surface area contributed by atoms with Gasteiger partial charge in [-0.05, 0) is 42.3 Å². The molecule has 0 amide bonds. The van der Waals surface area contributed by atoms with E-state index in [-0.39, 0.29) is 12.0 Å². The Kier molecular flexibility index (Phi) is 3.69. The Bertz CT molecular complexity index is 635. The van der Waals surface area contributed by atoms with E-state index >= 15 is 0 Å². The first-order chi connectivity index (χ1) is 8.99. The van der Waals surface area contributed by atoms with E-state index in [2.05, 4.69) is 0 Å². The lowest BCUT2D eigenvalue weighted by Gasteiger charge is -2.06. The quantitative estimate of drug-likeness (QED) is 0.770. The number of carbonyl (C=O) groups is 1. The number of benzene rings is 2. The van der Waals surface area contributed by atoms with Gasteiger partial charge in [-0.1, -0.05) is 12.1 Å². The highest BCUT2D eigenvalue weighted by Crippen LogP contribution is 2.17. The molecule has 0 fully saturated rings. The highest BCUT2D eigenvalue weighted by Gasteiger charge is 2.16. The third-order valence-electron chi connectivity index (χ3n) is 2.91. The maximum absolute atomic E-state index is 13.5. The molecule has 0 saturated carbocycles. The van der Waals surface area contributed by atoms with Crippen LogP contribution in [0.3, 0.4) is 0 Å². The first-order valence-corrected chi connectivity index (χ1v) is 5.71. The van der Waals surface area contributed by atoms with Gasteiger partial charge >= 0.3 is 0 Å². The average Bonchev–Trinajstić information content (AvgIpc) is 2.36. The number of hydrogen-bond acceptors (Lipinski definition) is 1. The Labute approximate surface area is 108 Å². The summed E-state index contributed by atoms with van der Waals surface area (Å²) in [6.45, 7) is 1.66. The molecule has 0 aliphatic rings. The summed E-state index contributed by atoms with van der Waals surface area (Å²) >= 11 is 0. The smallest absolute Gasteiger partial charge is 0.170 e. The minimum Gasteiger partial charge on any atom is -0.294 e. The largest absolute Gasteiger partial charge is 0.294 e. The fourth-order valence-electron chi connectivity index (χ4n) is 1.84. The minimum absolute atomic E-state index is 0.0908. The average molecular weight is 264 g/mol. The predicted molar refractivity (Wildman–Crippen MR) is 65.5 cm³/mol. The van der Waals surface area contributed by atoms with Gasteiger partial charge in [-0.15, -0.1) is 0 Å². The van der Waals surface area contributed by atoms with Crippen molar-refractivity contribution in [1.82, 2.24) is 0 Å². The lowest BCUT2D eigenvalue weighted by atomic mass is 9.99. The van der Waals surface area contributed by atoms with Crippen LogP contribution in [-0.4, -0.2) is 5.78 Å². The molecule has 0 radical (unpaired) electrons. The monoisotopic (exact) mass is 264 g/mol. The molecule has 0 N–H and O–H groups in total. The molecule has 0 heterocycles. The van der Waals surface area contributed by atoms with Crippen molar-refractivity contribution in [2.75, 3.05) is 0 Å². The normalized spacial score (nSPS) is 10.5. The molecule has 2 aromatic carbocycles. The molecule has 2 aromatic rings. The molecule has 19 heavy (non-hydrogen) atoms. The number of rotatable bonds is 3. The van der Waals surface area contributed by atoms with Crippen molar-refractivity contribution in [1.29, 1.82) is 0 Å². The van der Waals surface area contributed by atoms with E-state index < -0.39 is 23.2 Å². The second-order valence-electron chi connectivity index (χ2n) is 4.27. The van der Waals surface area contributed by atoms with Crippen molar-refractivity contribution in [3.05, 3.63) is 70.5 Å². The first-order valence-electron chi connectivity index (χ1n) is 5.71. The molecule has 98 valence electrons. The number of carbonyl (C=O) groups excluding carboxylic acids is 1. The van der Waals surface area contributed by atoms with E-state index in [0.29, 0.717) is 11.1 Å². The van der Waals surface area contributed by atoms with Gasteiger partial charge in [0.25, 0.3) is 0 Å². The van der Waals surface area contributed by atoms with Crippen LogP contribution >= 0.6 is 0 Å². The third-order valence-corrected chi connectivity index (χ3v) is 2.91. The van der Waals surface area contributed by atoms with E-state index in [0.717, 1.165) is 6.07 Å². The summed E-state index contributed by atoms with van der Waals surface area (Å²) in [6, 6.07) is 7.47. The zero-order valence-electron chi connectivity index (χ0n) is 10.2. The van der Waals surface area contributed by atoms with Crippen LogP contribution in [0.15, 0.2) is 36.4 Å². The second kappa shape index (κ2) is 5.26. The zero-order valence-corrected chi connectivity index (χ0v) is 10.2. The minimum atomic E-state index is -1.15. The molecular weight excluding hydrogens is 253 g/mol. The van der Waals surface area contributed by atoms with Crippen LogP contribution in [0.1, 0.15) is 21.5 Å². The Morgan fingerprint density at radius 3 is 2.53 bits per heavy atom. The van der Waals surface area contributed by atoms with Gasteiger partial charge in [-0.2, -0.15) is 0 Å². The lowest BCUT2D eigenvalue weighted by Crippen LogP contribution is -2.08. The summed E-state index contributed by atoms with van der Waals surface area (Å²) in [6.07, 6.45) is -0.0908. The number of halogens is 3. The Hall–Kier alpha value is -2.10. The Morgan fingerprint density at radius 1 is 1.11 bits per heavy atom. The van der Waals surface area contributed by atoms with Gasteiger partial charge in [0.1, 0.15) is 5.82 Å². The van der Waals surface area contributed by atoms with E-state index in [1.54, 1.807) is 6.92 Å². The maximum atomic E-state index is 13.5. The van der Waals surface area contributed by atoms with Crippen molar-refractivity contribution >= 4 is 5.78 Å². The van der Waals surface area contributed by atoms with Crippen LogP contribution in [0.4, 0.5) is 13.2 Å². The molecule has 0 aliphatic carbocycles. The maximum Gasteiger partial charge on any atom is 0.170 e. The topological polar surface area (TPSA) is 17.1 Å². The van der Waals surface area contributed by atoms with E-state index in [1.165, 1.54) is 30.3 Å². The van der Waals surface area contributed by atoms with Crippen LogP contribution in [0.25, 0.3) is 0 Å². The molecule has 4 heteroatoms. The van der Waals surface area contributed by atoms with Crippen LogP contribution in [-0.2, 0) is 6.42 Å². The van der Waals surface area contributed by atoms with Crippen LogP contribution in [0.5, 0.6) is 0 Å².